The van der Waals surface area contributed by atoms with Gasteiger partial charge in [-0.15, -0.1) is 11.3 Å². The predicted octanol–water partition coefficient (Wildman–Crippen LogP) is 3.47. The van der Waals surface area contributed by atoms with Crippen molar-refractivity contribution < 1.29 is 28.7 Å². The number of thioether (sulfide) groups is 2. The van der Waals surface area contributed by atoms with E-state index in [0.29, 0.717) is 34.5 Å². The van der Waals surface area contributed by atoms with Crippen LogP contribution in [-0.4, -0.2) is 63.3 Å². The Kier molecular flexibility index (Phi) is 8.54. The third-order valence-corrected chi connectivity index (χ3v) is 7.87. The van der Waals surface area contributed by atoms with Crippen LogP contribution in [0.1, 0.15) is 59.2 Å². The number of fused-ring (bicyclic) bond motifs is 1. The lowest BCUT2D eigenvalue weighted by Gasteiger charge is -2.11. The molecule has 0 radical (unpaired) electrons. The van der Waals surface area contributed by atoms with E-state index in [9.17, 15) is 19.2 Å². The number of rotatable bonds is 7. The summed E-state index contributed by atoms with van der Waals surface area (Å²) in [5.41, 5.74) is 0.545. The van der Waals surface area contributed by atoms with E-state index in [2.05, 4.69) is 15.4 Å². The maximum atomic E-state index is 12.9. The van der Waals surface area contributed by atoms with Gasteiger partial charge in [0.05, 0.1) is 24.0 Å². The highest BCUT2D eigenvalue weighted by Gasteiger charge is 2.31. The molecule has 2 aliphatic heterocycles. The van der Waals surface area contributed by atoms with Crippen molar-refractivity contribution in [3.63, 3.8) is 0 Å². The number of nitrogens with zero attached hydrogens (tertiary/aromatic N) is 3. The van der Waals surface area contributed by atoms with Crippen molar-refractivity contribution in [1.82, 2.24) is 5.01 Å². The van der Waals surface area contributed by atoms with Gasteiger partial charge in [-0.05, 0) is 51.4 Å². The first kappa shape index (κ1) is 25.2. The van der Waals surface area contributed by atoms with Crippen LogP contribution in [0.25, 0.3) is 0 Å². The van der Waals surface area contributed by atoms with Crippen molar-refractivity contribution in [2.45, 2.75) is 45.8 Å². The van der Waals surface area contributed by atoms with E-state index in [1.165, 1.54) is 23.5 Å². The Balaban J connectivity index is 1.75. The van der Waals surface area contributed by atoms with Gasteiger partial charge >= 0.3 is 11.9 Å². The van der Waals surface area contributed by atoms with Crippen molar-refractivity contribution in [1.29, 1.82) is 0 Å². The van der Waals surface area contributed by atoms with Gasteiger partial charge in [0.25, 0.3) is 0 Å². The predicted molar refractivity (Wildman–Crippen MR) is 130 cm³/mol. The molecule has 0 saturated carbocycles. The Hall–Kier alpha value is -2.38. The lowest BCUT2D eigenvalue weighted by molar-refractivity contribution is -0.118. The smallest absolute Gasteiger partial charge is 0.348 e. The van der Waals surface area contributed by atoms with Crippen LogP contribution >= 0.6 is 34.9 Å². The number of anilines is 1. The van der Waals surface area contributed by atoms with Crippen LogP contribution in [-0.2, 0) is 19.1 Å². The molecule has 0 spiro atoms. The number of nitrogens with one attached hydrogen (secondary N) is 1. The number of hydrazone groups is 1. The molecule has 13 heteroatoms. The second-order valence-corrected chi connectivity index (χ2v) is 10.5. The molecule has 10 nitrogen and oxygen atoms in total. The molecule has 0 saturated heterocycles. The number of hydrogen-bond donors (Lipinski definition) is 1. The second kappa shape index (κ2) is 11.2. The molecule has 0 bridgehead atoms. The summed E-state index contributed by atoms with van der Waals surface area (Å²) in [7, 11) is 0. The largest absolute Gasteiger partial charge is 0.462 e. The van der Waals surface area contributed by atoms with Crippen LogP contribution < -0.4 is 5.32 Å². The maximum Gasteiger partial charge on any atom is 0.348 e. The second-order valence-electron chi connectivity index (χ2n) is 6.93. The molecule has 33 heavy (non-hydrogen) atoms. The van der Waals surface area contributed by atoms with E-state index >= 15 is 0 Å². The summed E-state index contributed by atoms with van der Waals surface area (Å²) in [6, 6.07) is 0. The van der Waals surface area contributed by atoms with E-state index in [-0.39, 0.29) is 40.5 Å². The zero-order valence-electron chi connectivity index (χ0n) is 18.6. The molecule has 1 aromatic rings. The molecule has 1 atom stereocenters. The highest BCUT2D eigenvalue weighted by molar-refractivity contribution is 8.45. The fourth-order valence-corrected chi connectivity index (χ4v) is 6.20. The molecule has 0 fully saturated rings. The highest BCUT2D eigenvalue weighted by Crippen LogP contribution is 2.36. The van der Waals surface area contributed by atoms with Gasteiger partial charge in [0.2, 0.25) is 11.8 Å². The molecule has 178 valence electrons. The molecular weight excluding hydrogens is 488 g/mol. The molecule has 3 rings (SSSR count). The molecule has 0 aromatic carbocycles. The van der Waals surface area contributed by atoms with Crippen molar-refractivity contribution in [2.24, 2.45) is 10.1 Å². The number of hydrogen-bond acceptors (Lipinski definition) is 11. The van der Waals surface area contributed by atoms with Crippen LogP contribution in [0.2, 0.25) is 0 Å². The topological polar surface area (TPSA) is 127 Å². The summed E-state index contributed by atoms with van der Waals surface area (Å²) >= 11 is 3.45. The average Bonchev–Trinajstić information content (AvgIpc) is 3.22. The first-order valence-electron chi connectivity index (χ1n) is 10.4. The summed E-state index contributed by atoms with van der Waals surface area (Å²) in [6.45, 7) is 7.63. The Morgan fingerprint density at radius 1 is 1.21 bits per heavy atom. The number of aliphatic imine (C=N–C) groups is 1. The lowest BCUT2D eigenvalue weighted by Crippen LogP contribution is -2.24. The Morgan fingerprint density at radius 2 is 1.91 bits per heavy atom. The van der Waals surface area contributed by atoms with Gasteiger partial charge in [-0.2, -0.15) is 10.1 Å². The van der Waals surface area contributed by atoms with Crippen LogP contribution in [0.5, 0.6) is 0 Å². The zero-order chi connectivity index (χ0) is 24.1. The van der Waals surface area contributed by atoms with Crippen LogP contribution in [0.3, 0.4) is 0 Å². The minimum atomic E-state index is -0.622. The van der Waals surface area contributed by atoms with Gasteiger partial charge in [-0.1, -0.05) is 11.8 Å². The summed E-state index contributed by atoms with van der Waals surface area (Å²) < 4.78 is 10.8. The summed E-state index contributed by atoms with van der Waals surface area (Å²) in [4.78, 5) is 53.7. The van der Waals surface area contributed by atoms with Gasteiger partial charge in [0, 0.05) is 13.0 Å². The summed E-state index contributed by atoms with van der Waals surface area (Å²) in [6.07, 6.45) is 1.06. The van der Waals surface area contributed by atoms with E-state index in [0.717, 1.165) is 11.3 Å². The number of thiophene rings is 1. The van der Waals surface area contributed by atoms with E-state index < -0.39 is 17.2 Å². The van der Waals surface area contributed by atoms with Crippen LogP contribution in [0, 0.1) is 6.92 Å². The van der Waals surface area contributed by atoms with Crippen LogP contribution in [0.15, 0.2) is 10.1 Å². The maximum absolute atomic E-state index is 12.9. The quantitative estimate of drug-likeness (QED) is 0.546. The van der Waals surface area contributed by atoms with E-state index in [1.54, 1.807) is 32.7 Å². The first-order valence-corrected chi connectivity index (χ1v) is 12.9. The fraction of sp³-hybridized carbons (Fsp3) is 0.500. The van der Waals surface area contributed by atoms with Crippen molar-refractivity contribution in [3.05, 3.63) is 16.0 Å². The zero-order valence-corrected chi connectivity index (χ0v) is 21.1. The molecule has 0 aliphatic carbocycles. The minimum Gasteiger partial charge on any atom is -0.462 e. The Bertz CT molecular complexity index is 1040. The SMILES string of the molecule is CCOC(=O)c1sc(NC(=O)C(C)SC2=NN3CCCC(=O)N=C3S2)c(C(=O)OCC)c1C. The number of esters is 2. The Morgan fingerprint density at radius 3 is 2.61 bits per heavy atom. The fourth-order valence-electron chi connectivity index (χ4n) is 2.97. The molecule has 2 aliphatic rings. The van der Waals surface area contributed by atoms with Gasteiger partial charge in [0.15, 0.2) is 9.54 Å². The third-order valence-electron chi connectivity index (χ3n) is 4.55. The Labute approximate surface area is 203 Å². The number of carbonyl (C=O) groups is 4. The normalized spacial score (nSPS) is 16.4. The highest BCUT2D eigenvalue weighted by atomic mass is 32.2. The number of carbonyl (C=O) groups excluding carboxylic acids is 4. The standard InChI is InChI=1S/C20H24N4O6S3/c1-5-29-17(27)13-10(3)14(18(28)30-6-2)32-16(13)22-15(26)11(4)31-20-23-24-9-7-8-12(25)21-19(24)33-20/h11H,5-9H2,1-4H3,(H,22,26). The van der Waals surface area contributed by atoms with Gasteiger partial charge in [0.1, 0.15) is 9.88 Å². The van der Waals surface area contributed by atoms with Gasteiger partial charge < -0.3 is 14.8 Å². The average molecular weight is 513 g/mol. The van der Waals surface area contributed by atoms with Crippen molar-refractivity contribution in [2.75, 3.05) is 25.1 Å². The minimum absolute atomic E-state index is 0.143. The summed E-state index contributed by atoms with van der Waals surface area (Å²) in [5, 5.41) is 9.05. The number of amidine groups is 1. The van der Waals surface area contributed by atoms with Crippen molar-refractivity contribution >= 4 is 73.2 Å². The molecule has 1 unspecified atom stereocenters. The summed E-state index contributed by atoms with van der Waals surface area (Å²) in [5.74, 6) is -1.73. The lowest BCUT2D eigenvalue weighted by atomic mass is 10.1. The van der Waals surface area contributed by atoms with Crippen molar-refractivity contribution in [3.8, 4) is 0 Å². The first-order chi connectivity index (χ1) is 15.7. The number of ether oxygens (including phenoxy) is 2. The third kappa shape index (κ3) is 5.95. The molecular formula is C20H24N4O6S3. The molecule has 1 N–H and O–H groups in total. The monoisotopic (exact) mass is 512 g/mol. The number of amides is 2. The molecule has 1 aromatic heterocycles. The van der Waals surface area contributed by atoms with Gasteiger partial charge in [-0.3, -0.25) is 9.59 Å². The van der Waals surface area contributed by atoms with Gasteiger partial charge in [-0.25, -0.2) is 14.6 Å². The van der Waals surface area contributed by atoms with Crippen LogP contribution in [0.4, 0.5) is 5.00 Å². The molecule has 2 amide bonds. The molecule has 3 heterocycles. The van der Waals surface area contributed by atoms with E-state index in [1.807, 2.05) is 0 Å². The van der Waals surface area contributed by atoms with E-state index in [4.69, 9.17) is 9.47 Å².